The summed E-state index contributed by atoms with van der Waals surface area (Å²) in [6.45, 7) is 4.41. The molecule has 15 heavy (non-hydrogen) atoms. The molecule has 0 N–H and O–H groups in total. The molecule has 1 unspecified atom stereocenters. The molecule has 0 saturated heterocycles. The Balaban J connectivity index is 2.57. The van der Waals surface area contributed by atoms with E-state index in [1.54, 1.807) is 7.11 Å². The highest BCUT2D eigenvalue weighted by atomic mass is 16.5. The van der Waals surface area contributed by atoms with Gasteiger partial charge in [-0.05, 0) is 36.5 Å². The van der Waals surface area contributed by atoms with Gasteiger partial charge in [0.25, 0.3) is 0 Å². The first-order valence-corrected chi connectivity index (χ1v) is 5.56. The summed E-state index contributed by atoms with van der Waals surface area (Å²) in [6.07, 6.45) is 6.71. The average molecular weight is 204 g/mol. The smallest absolute Gasteiger partial charge is 0.118 e. The summed E-state index contributed by atoms with van der Waals surface area (Å²) >= 11 is 0. The van der Waals surface area contributed by atoms with Crippen molar-refractivity contribution in [3.05, 3.63) is 42.0 Å². The van der Waals surface area contributed by atoms with E-state index in [9.17, 15) is 0 Å². The van der Waals surface area contributed by atoms with E-state index in [-0.39, 0.29) is 0 Å². The largest absolute Gasteiger partial charge is 0.497 e. The molecule has 1 heteroatoms. The Hall–Kier alpha value is -1.24. The maximum absolute atomic E-state index is 5.13. The van der Waals surface area contributed by atoms with Crippen LogP contribution in [0.1, 0.15) is 38.2 Å². The zero-order valence-corrected chi connectivity index (χ0v) is 9.86. The second kappa shape index (κ2) is 6.28. The van der Waals surface area contributed by atoms with E-state index in [1.165, 1.54) is 5.56 Å². The van der Waals surface area contributed by atoms with E-state index in [1.807, 2.05) is 12.1 Å². The van der Waals surface area contributed by atoms with E-state index in [0.717, 1.165) is 18.6 Å². The summed E-state index contributed by atoms with van der Waals surface area (Å²) < 4.78 is 5.13. The minimum atomic E-state index is 0.582. The molecule has 1 aromatic carbocycles. The Morgan fingerprint density at radius 3 is 2.40 bits per heavy atom. The van der Waals surface area contributed by atoms with E-state index in [4.69, 9.17) is 4.74 Å². The molecule has 0 aromatic heterocycles. The molecule has 0 aliphatic rings. The highest BCUT2D eigenvalue weighted by Gasteiger charge is 2.02. The fourth-order valence-corrected chi connectivity index (χ4v) is 1.54. The predicted molar refractivity (Wildman–Crippen MR) is 65.5 cm³/mol. The van der Waals surface area contributed by atoms with Crippen LogP contribution in [0, 0.1) is 0 Å². The fraction of sp³-hybridized carbons (Fsp3) is 0.429. The molecule has 1 rings (SSSR count). The summed E-state index contributed by atoms with van der Waals surface area (Å²) in [4.78, 5) is 0. The summed E-state index contributed by atoms with van der Waals surface area (Å²) in [5.41, 5.74) is 1.37. The molecule has 0 amide bonds. The lowest BCUT2D eigenvalue weighted by atomic mass is 9.97. The van der Waals surface area contributed by atoms with Crippen molar-refractivity contribution < 1.29 is 4.74 Å². The number of hydrogen-bond acceptors (Lipinski definition) is 1. The number of allylic oxidation sites excluding steroid dienone is 2. The Morgan fingerprint density at radius 1 is 1.20 bits per heavy atom. The molecule has 0 bridgehead atoms. The van der Waals surface area contributed by atoms with Gasteiger partial charge in [-0.1, -0.05) is 38.1 Å². The number of methoxy groups -OCH3 is 1. The highest BCUT2D eigenvalue weighted by Crippen LogP contribution is 2.22. The van der Waals surface area contributed by atoms with Crippen molar-refractivity contribution in [2.24, 2.45) is 0 Å². The molecule has 1 nitrogen and oxygen atoms in total. The second-order valence-corrected chi connectivity index (χ2v) is 3.79. The zero-order chi connectivity index (χ0) is 11.1. The molecule has 0 spiro atoms. The molecule has 0 saturated carbocycles. The van der Waals surface area contributed by atoms with Gasteiger partial charge in [-0.15, -0.1) is 0 Å². The van der Waals surface area contributed by atoms with Crippen LogP contribution in [0.4, 0.5) is 0 Å². The first kappa shape index (κ1) is 11.8. The van der Waals surface area contributed by atoms with E-state index >= 15 is 0 Å². The van der Waals surface area contributed by atoms with Crippen molar-refractivity contribution in [2.75, 3.05) is 7.11 Å². The molecule has 1 atom stereocenters. The second-order valence-electron chi connectivity index (χ2n) is 3.79. The van der Waals surface area contributed by atoms with Crippen molar-refractivity contribution in [2.45, 2.75) is 32.6 Å². The van der Waals surface area contributed by atoms with E-state index in [0.29, 0.717) is 5.92 Å². The average Bonchev–Trinajstić information content (AvgIpc) is 2.29. The Kier molecular flexibility index (Phi) is 4.96. The third-order valence-corrected chi connectivity index (χ3v) is 2.58. The molecule has 0 aliphatic carbocycles. The lowest BCUT2D eigenvalue weighted by molar-refractivity contribution is 0.414. The summed E-state index contributed by atoms with van der Waals surface area (Å²) in [6, 6.07) is 8.33. The zero-order valence-electron chi connectivity index (χ0n) is 9.86. The van der Waals surface area contributed by atoms with Crippen LogP contribution in [0.15, 0.2) is 36.4 Å². The van der Waals surface area contributed by atoms with E-state index in [2.05, 4.69) is 38.1 Å². The molecular formula is C14H20O. The fourth-order valence-electron chi connectivity index (χ4n) is 1.54. The lowest BCUT2D eigenvalue weighted by Crippen LogP contribution is -1.92. The monoisotopic (exact) mass is 204 g/mol. The van der Waals surface area contributed by atoms with Crippen LogP contribution in [0.2, 0.25) is 0 Å². The molecule has 1 aromatic rings. The minimum absolute atomic E-state index is 0.582. The first-order valence-electron chi connectivity index (χ1n) is 5.56. The first-order chi connectivity index (χ1) is 7.27. The Labute approximate surface area is 92.8 Å². The SMILES string of the molecule is CC/C=C\CC(C)c1ccc(OC)cc1. The van der Waals surface area contributed by atoms with Crippen LogP contribution < -0.4 is 4.74 Å². The van der Waals surface area contributed by atoms with Gasteiger partial charge in [-0.3, -0.25) is 0 Å². The molecule has 0 radical (unpaired) electrons. The Bertz CT molecular complexity index is 298. The van der Waals surface area contributed by atoms with Gasteiger partial charge >= 0.3 is 0 Å². The van der Waals surface area contributed by atoms with Gasteiger partial charge in [-0.25, -0.2) is 0 Å². The van der Waals surface area contributed by atoms with Crippen molar-refractivity contribution in [1.29, 1.82) is 0 Å². The van der Waals surface area contributed by atoms with Gasteiger partial charge in [0.15, 0.2) is 0 Å². The molecule has 0 aliphatic heterocycles. The van der Waals surface area contributed by atoms with Crippen LogP contribution in [-0.2, 0) is 0 Å². The number of benzene rings is 1. The summed E-state index contributed by atoms with van der Waals surface area (Å²) in [7, 11) is 1.70. The predicted octanol–water partition coefficient (Wildman–Crippen LogP) is 4.16. The Morgan fingerprint density at radius 2 is 1.87 bits per heavy atom. The van der Waals surface area contributed by atoms with Crippen molar-refractivity contribution in [1.82, 2.24) is 0 Å². The van der Waals surface area contributed by atoms with Crippen molar-refractivity contribution >= 4 is 0 Å². The molecular weight excluding hydrogens is 184 g/mol. The van der Waals surface area contributed by atoms with Gasteiger partial charge in [0, 0.05) is 0 Å². The van der Waals surface area contributed by atoms with Crippen molar-refractivity contribution in [3.8, 4) is 5.75 Å². The molecule has 0 fully saturated rings. The topological polar surface area (TPSA) is 9.23 Å². The van der Waals surface area contributed by atoms with Gasteiger partial charge in [0.1, 0.15) is 5.75 Å². The van der Waals surface area contributed by atoms with Gasteiger partial charge in [0.2, 0.25) is 0 Å². The summed E-state index contributed by atoms with van der Waals surface area (Å²) in [5, 5.41) is 0. The van der Waals surface area contributed by atoms with Gasteiger partial charge < -0.3 is 4.74 Å². The molecule has 0 heterocycles. The lowest BCUT2D eigenvalue weighted by Gasteiger charge is -2.09. The minimum Gasteiger partial charge on any atom is -0.497 e. The van der Waals surface area contributed by atoms with Crippen LogP contribution in [-0.4, -0.2) is 7.11 Å². The van der Waals surface area contributed by atoms with Crippen molar-refractivity contribution in [3.63, 3.8) is 0 Å². The maximum Gasteiger partial charge on any atom is 0.118 e. The normalized spacial score (nSPS) is 13.0. The number of ether oxygens (including phenoxy) is 1. The van der Waals surface area contributed by atoms with Crippen LogP contribution in [0.25, 0.3) is 0 Å². The van der Waals surface area contributed by atoms with Crippen LogP contribution in [0.3, 0.4) is 0 Å². The summed E-state index contributed by atoms with van der Waals surface area (Å²) in [5.74, 6) is 1.51. The molecule has 82 valence electrons. The standard InChI is InChI=1S/C14H20O/c1-4-5-6-7-12(2)13-8-10-14(15-3)11-9-13/h5-6,8-12H,4,7H2,1-3H3/b6-5-. The quantitative estimate of drug-likeness (QED) is 0.654. The third-order valence-electron chi connectivity index (χ3n) is 2.58. The van der Waals surface area contributed by atoms with Crippen LogP contribution in [0.5, 0.6) is 5.75 Å². The van der Waals surface area contributed by atoms with Gasteiger partial charge in [-0.2, -0.15) is 0 Å². The van der Waals surface area contributed by atoms with E-state index < -0.39 is 0 Å². The number of hydrogen-bond donors (Lipinski definition) is 0. The van der Waals surface area contributed by atoms with Crippen LogP contribution >= 0.6 is 0 Å². The third kappa shape index (κ3) is 3.78. The maximum atomic E-state index is 5.13. The number of rotatable bonds is 5. The highest BCUT2D eigenvalue weighted by molar-refractivity contribution is 5.29. The van der Waals surface area contributed by atoms with Gasteiger partial charge in [0.05, 0.1) is 7.11 Å².